The Hall–Kier alpha value is -1.26. The number of hydrogen-bond acceptors (Lipinski definition) is 3. The van der Waals surface area contributed by atoms with Crippen molar-refractivity contribution in [2.45, 2.75) is 39.2 Å². The number of likely N-dealkylation sites (tertiary alicyclic amines) is 1. The third kappa shape index (κ3) is 4.89. The van der Waals surface area contributed by atoms with Crippen LogP contribution in [0.25, 0.3) is 0 Å². The summed E-state index contributed by atoms with van der Waals surface area (Å²) in [6.07, 6.45) is 2.68. The van der Waals surface area contributed by atoms with Crippen LogP contribution in [0.2, 0.25) is 0 Å². The van der Waals surface area contributed by atoms with Crippen LogP contribution < -0.4 is 10.1 Å². The number of nitrogens with one attached hydrogen (secondary N) is 1. The van der Waals surface area contributed by atoms with Gasteiger partial charge in [0.05, 0.1) is 13.0 Å². The summed E-state index contributed by atoms with van der Waals surface area (Å²) >= 11 is 0. The summed E-state index contributed by atoms with van der Waals surface area (Å²) in [5, 5.41) is 3.26. The number of piperidine rings is 1. The minimum Gasteiger partial charge on any atom is -0.493 e. The summed E-state index contributed by atoms with van der Waals surface area (Å²) in [5.74, 6) is 1.08. The highest BCUT2D eigenvalue weighted by molar-refractivity contribution is 5.85. The zero-order chi connectivity index (χ0) is 15.2. The van der Waals surface area contributed by atoms with E-state index in [9.17, 15) is 4.79 Å². The van der Waals surface area contributed by atoms with Crippen molar-refractivity contribution >= 4 is 18.3 Å². The maximum Gasteiger partial charge on any atom is 0.226 e. The molecule has 1 aromatic carbocycles. The van der Waals surface area contributed by atoms with Crippen molar-refractivity contribution in [3.8, 4) is 5.75 Å². The van der Waals surface area contributed by atoms with Crippen LogP contribution in [0.15, 0.2) is 18.2 Å². The number of rotatable bonds is 5. The van der Waals surface area contributed by atoms with Crippen molar-refractivity contribution in [2.75, 3.05) is 26.7 Å². The van der Waals surface area contributed by atoms with Gasteiger partial charge in [-0.3, -0.25) is 4.79 Å². The van der Waals surface area contributed by atoms with Crippen LogP contribution in [-0.2, 0) is 4.79 Å². The fraction of sp³-hybridized carbons (Fsp3) is 0.588. The highest BCUT2D eigenvalue weighted by atomic mass is 35.5. The minimum atomic E-state index is 0. The van der Waals surface area contributed by atoms with Gasteiger partial charge in [-0.2, -0.15) is 0 Å². The Bertz CT molecular complexity index is 494. The summed E-state index contributed by atoms with van der Waals surface area (Å²) < 4.78 is 5.77. The Balaban J connectivity index is 0.00000242. The van der Waals surface area contributed by atoms with E-state index < -0.39 is 0 Å². The smallest absolute Gasteiger partial charge is 0.226 e. The molecule has 124 valence electrons. The molecule has 1 aliphatic rings. The average molecular weight is 327 g/mol. The number of carbonyl (C=O) groups is 1. The molecule has 1 aromatic rings. The van der Waals surface area contributed by atoms with Gasteiger partial charge in [0, 0.05) is 19.1 Å². The lowest BCUT2D eigenvalue weighted by atomic mass is 10.1. The lowest BCUT2D eigenvalue weighted by Crippen LogP contribution is -2.47. The second-order valence-electron chi connectivity index (χ2n) is 5.76. The fourth-order valence-electron chi connectivity index (χ4n) is 2.73. The van der Waals surface area contributed by atoms with Crippen LogP contribution in [0.5, 0.6) is 5.75 Å². The molecule has 1 N–H and O–H groups in total. The molecule has 0 saturated carbocycles. The summed E-state index contributed by atoms with van der Waals surface area (Å²) in [6, 6.07) is 6.45. The molecule has 0 radical (unpaired) electrons. The van der Waals surface area contributed by atoms with Crippen molar-refractivity contribution in [3.05, 3.63) is 29.3 Å². The van der Waals surface area contributed by atoms with Crippen LogP contribution >= 0.6 is 12.4 Å². The fourth-order valence-corrected chi connectivity index (χ4v) is 2.73. The Kier molecular flexibility index (Phi) is 7.69. The summed E-state index contributed by atoms with van der Waals surface area (Å²) in [7, 11) is 1.96. The molecule has 4 nitrogen and oxygen atoms in total. The van der Waals surface area contributed by atoms with Crippen molar-refractivity contribution < 1.29 is 9.53 Å². The number of aryl methyl sites for hydroxylation is 1. The van der Waals surface area contributed by atoms with Crippen LogP contribution in [0, 0.1) is 13.8 Å². The summed E-state index contributed by atoms with van der Waals surface area (Å²) in [5.41, 5.74) is 2.37. The monoisotopic (exact) mass is 326 g/mol. The zero-order valence-corrected chi connectivity index (χ0v) is 14.5. The van der Waals surface area contributed by atoms with E-state index in [1.165, 1.54) is 5.56 Å². The Morgan fingerprint density at radius 2 is 2.18 bits per heavy atom. The summed E-state index contributed by atoms with van der Waals surface area (Å²) in [6.45, 7) is 6.26. The lowest BCUT2D eigenvalue weighted by Gasteiger charge is -2.32. The van der Waals surface area contributed by atoms with Gasteiger partial charge in [-0.05, 0) is 50.9 Å². The number of likely N-dealkylation sites (N-methyl/N-ethyl adjacent to an activating group) is 1. The van der Waals surface area contributed by atoms with Gasteiger partial charge in [-0.25, -0.2) is 0 Å². The first-order valence-electron chi connectivity index (χ1n) is 7.76. The van der Waals surface area contributed by atoms with E-state index in [0.29, 0.717) is 19.1 Å². The van der Waals surface area contributed by atoms with Gasteiger partial charge in [-0.15, -0.1) is 12.4 Å². The molecule has 22 heavy (non-hydrogen) atoms. The number of benzene rings is 1. The number of halogens is 1. The molecule has 0 aromatic heterocycles. The van der Waals surface area contributed by atoms with Gasteiger partial charge in [0.25, 0.3) is 0 Å². The van der Waals surface area contributed by atoms with Crippen LogP contribution in [-0.4, -0.2) is 43.6 Å². The van der Waals surface area contributed by atoms with Crippen LogP contribution in [0.3, 0.4) is 0 Å². The molecule has 1 unspecified atom stereocenters. The highest BCUT2D eigenvalue weighted by Crippen LogP contribution is 2.20. The topological polar surface area (TPSA) is 41.6 Å². The molecule has 1 heterocycles. The first-order chi connectivity index (χ1) is 10.1. The van der Waals surface area contributed by atoms with E-state index in [4.69, 9.17) is 4.74 Å². The van der Waals surface area contributed by atoms with Gasteiger partial charge in [-0.1, -0.05) is 12.1 Å². The predicted octanol–water partition coefficient (Wildman–Crippen LogP) is 2.70. The Morgan fingerprint density at radius 1 is 1.41 bits per heavy atom. The highest BCUT2D eigenvalue weighted by Gasteiger charge is 2.22. The van der Waals surface area contributed by atoms with E-state index in [1.807, 2.05) is 24.1 Å². The molecular formula is C17H27ClN2O2. The van der Waals surface area contributed by atoms with Crippen molar-refractivity contribution in [3.63, 3.8) is 0 Å². The molecule has 1 fully saturated rings. The SMILES string of the molecule is CNC1CCCN(C(=O)CCOc2cccc(C)c2C)C1.Cl. The average Bonchev–Trinajstić information content (AvgIpc) is 2.51. The maximum atomic E-state index is 12.2. The number of ether oxygens (including phenoxy) is 1. The molecule has 2 rings (SSSR count). The summed E-state index contributed by atoms with van der Waals surface area (Å²) in [4.78, 5) is 14.2. The van der Waals surface area contributed by atoms with Crippen molar-refractivity contribution in [1.82, 2.24) is 10.2 Å². The third-order valence-electron chi connectivity index (χ3n) is 4.31. The minimum absolute atomic E-state index is 0. The molecule has 0 aliphatic carbocycles. The zero-order valence-electron chi connectivity index (χ0n) is 13.7. The molecular weight excluding hydrogens is 300 g/mol. The second-order valence-corrected chi connectivity index (χ2v) is 5.76. The molecule has 5 heteroatoms. The first kappa shape index (κ1) is 18.8. The second kappa shape index (κ2) is 9.01. The quantitative estimate of drug-likeness (QED) is 0.904. The van der Waals surface area contributed by atoms with Gasteiger partial charge in [0.2, 0.25) is 5.91 Å². The van der Waals surface area contributed by atoms with Gasteiger partial charge in [0.15, 0.2) is 0 Å². The van der Waals surface area contributed by atoms with E-state index >= 15 is 0 Å². The van der Waals surface area contributed by atoms with Gasteiger partial charge in [0.1, 0.15) is 5.75 Å². The standard InChI is InChI=1S/C17H26N2O2.ClH/c1-13-6-4-8-16(14(13)2)21-11-9-17(20)19-10-5-7-15(12-19)18-3;/h4,6,8,15,18H,5,7,9-12H2,1-3H3;1H. The largest absolute Gasteiger partial charge is 0.493 e. The Morgan fingerprint density at radius 3 is 2.91 bits per heavy atom. The molecule has 1 aliphatic heterocycles. The number of carbonyl (C=O) groups excluding carboxylic acids is 1. The van der Waals surface area contributed by atoms with Crippen LogP contribution in [0.1, 0.15) is 30.4 Å². The van der Waals surface area contributed by atoms with E-state index in [2.05, 4.69) is 25.2 Å². The van der Waals surface area contributed by atoms with Gasteiger partial charge >= 0.3 is 0 Å². The maximum absolute atomic E-state index is 12.2. The van der Waals surface area contributed by atoms with Crippen molar-refractivity contribution in [1.29, 1.82) is 0 Å². The van der Waals surface area contributed by atoms with Crippen LogP contribution in [0.4, 0.5) is 0 Å². The number of hydrogen-bond donors (Lipinski definition) is 1. The predicted molar refractivity (Wildman–Crippen MR) is 91.9 cm³/mol. The van der Waals surface area contributed by atoms with E-state index in [1.54, 1.807) is 0 Å². The normalized spacial score (nSPS) is 17.8. The molecule has 1 saturated heterocycles. The Labute approximate surface area is 139 Å². The molecule has 0 bridgehead atoms. The van der Waals surface area contributed by atoms with Gasteiger partial charge < -0.3 is 15.0 Å². The molecule has 1 amide bonds. The van der Waals surface area contributed by atoms with Crippen molar-refractivity contribution in [2.24, 2.45) is 0 Å². The number of nitrogens with zero attached hydrogens (tertiary/aromatic N) is 1. The van der Waals surface area contributed by atoms with E-state index in [0.717, 1.165) is 37.2 Å². The molecule has 0 spiro atoms. The van der Waals surface area contributed by atoms with E-state index in [-0.39, 0.29) is 18.3 Å². The number of amides is 1. The lowest BCUT2D eigenvalue weighted by molar-refractivity contribution is -0.133. The molecule has 1 atom stereocenters. The first-order valence-corrected chi connectivity index (χ1v) is 7.76. The third-order valence-corrected chi connectivity index (χ3v) is 4.31.